The molecule has 3 heteroatoms. The largest absolute Gasteiger partial charge is 0.294 e. The third-order valence-corrected chi connectivity index (χ3v) is 2.93. The highest BCUT2D eigenvalue weighted by molar-refractivity contribution is 5.28. The summed E-state index contributed by atoms with van der Waals surface area (Å²) >= 11 is 0. The van der Waals surface area contributed by atoms with Gasteiger partial charge in [0, 0.05) is 6.54 Å². The Bertz CT molecular complexity index is 584. The minimum atomic E-state index is -0.357. The van der Waals surface area contributed by atoms with E-state index in [1.165, 1.54) is 12.1 Å². The third-order valence-electron chi connectivity index (χ3n) is 2.93. The Balaban J connectivity index is 2.04. The molecule has 0 aliphatic rings. The number of hydrogen-bond acceptors (Lipinski definition) is 2. The summed E-state index contributed by atoms with van der Waals surface area (Å²) in [6.07, 6.45) is 0. The Hall–Kier alpha value is -2.18. The first-order valence-electron chi connectivity index (χ1n) is 6.13. The van der Waals surface area contributed by atoms with Crippen LogP contribution in [0.1, 0.15) is 22.7 Å². The molecule has 1 atom stereocenters. The summed E-state index contributed by atoms with van der Waals surface area (Å²) in [6.45, 7) is 2.53. The van der Waals surface area contributed by atoms with Gasteiger partial charge in [-0.15, -0.1) is 0 Å². The van der Waals surface area contributed by atoms with Gasteiger partial charge in [0.15, 0.2) is 0 Å². The van der Waals surface area contributed by atoms with Crippen LogP contribution in [0.3, 0.4) is 0 Å². The summed E-state index contributed by atoms with van der Waals surface area (Å²) in [7, 11) is 0. The van der Waals surface area contributed by atoms with Crippen molar-refractivity contribution in [2.45, 2.75) is 19.5 Å². The van der Waals surface area contributed by atoms with E-state index in [0.29, 0.717) is 6.54 Å². The second kappa shape index (κ2) is 6.12. The van der Waals surface area contributed by atoms with Gasteiger partial charge in [-0.25, -0.2) is 4.39 Å². The first kappa shape index (κ1) is 13.3. The van der Waals surface area contributed by atoms with Gasteiger partial charge in [0.05, 0.1) is 6.07 Å². The van der Waals surface area contributed by atoms with Crippen molar-refractivity contribution in [1.82, 2.24) is 5.32 Å². The van der Waals surface area contributed by atoms with E-state index < -0.39 is 0 Å². The number of nitrogens with zero attached hydrogens (tertiary/aromatic N) is 1. The van der Waals surface area contributed by atoms with E-state index in [-0.39, 0.29) is 11.9 Å². The Morgan fingerprint density at radius 3 is 2.58 bits per heavy atom. The highest BCUT2D eigenvalue weighted by Crippen LogP contribution is 2.14. The molecule has 2 nitrogen and oxygen atoms in total. The number of benzene rings is 2. The number of rotatable bonds is 4. The molecule has 0 saturated carbocycles. The van der Waals surface area contributed by atoms with E-state index in [9.17, 15) is 9.65 Å². The predicted octanol–water partition coefficient (Wildman–Crippen LogP) is 3.49. The Morgan fingerprint density at radius 1 is 1.21 bits per heavy atom. The molecule has 0 radical (unpaired) electrons. The van der Waals surface area contributed by atoms with Crippen molar-refractivity contribution in [2.24, 2.45) is 0 Å². The molecule has 1 N–H and O–H groups in total. The lowest BCUT2D eigenvalue weighted by Gasteiger charge is -2.12. The van der Waals surface area contributed by atoms with Crippen molar-refractivity contribution in [1.29, 1.82) is 5.26 Å². The molecule has 19 heavy (non-hydrogen) atoms. The van der Waals surface area contributed by atoms with Gasteiger partial charge in [0.2, 0.25) is 0 Å². The summed E-state index contributed by atoms with van der Waals surface area (Å²) in [6, 6.07) is 16.0. The van der Waals surface area contributed by atoms with E-state index in [2.05, 4.69) is 11.4 Å². The Kier molecular flexibility index (Phi) is 4.27. The summed E-state index contributed by atoms with van der Waals surface area (Å²) in [5.41, 5.74) is 3.03. The quantitative estimate of drug-likeness (QED) is 0.906. The summed E-state index contributed by atoms with van der Waals surface area (Å²) in [4.78, 5) is 0. The van der Waals surface area contributed by atoms with Gasteiger partial charge in [-0.1, -0.05) is 42.0 Å². The van der Waals surface area contributed by atoms with Crippen LogP contribution in [0.4, 0.5) is 4.39 Å². The van der Waals surface area contributed by atoms with Crippen LogP contribution in [0.15, 0.2) is 48.5 Å². The highest BCUT2D eigenvalue weighted by atomic mass is 19.1. The standard InChI is InChI=1S/C16H15FN2/c1-12-3-2-4-14(9-12)16(10-18)19-11-13-5-7-15(17)8-6-13/h2-9,16,19H,11H2,1H3. The topological polar surface area (TPSA) is 35.8 Å². The molecular weight excluding hydrogens is 239 g/mol. The molecule has 0 bridgehead atoms. The second-order valence-electron chi connectivity index (χ2n) is 4.48. The maximum atomic E-state index is 12.8. The minimum Gasteiger partial charge on any atom is -0.294 e. The van der Waals surface area contributed by atoms with Crippen LogP contribution in [-0.2, 0) is 6.54 Å². The molecule has 0 saturated heterocycles. The van der Waals surface area contributed by atoms with Gasteiger partial charge < -0.3 is 0 Å². The smallest absolute Gasteiger partial charge is 0.123 e. The van der Waals surface area contributed by atoms with E-state index in [1.807, 2.05) is 31.2 Å². The van der Waals surface area contributed by atoms with Crippen molar-refractivity contribution in [3.63, 3.8) is 0 Å². The Labute approximate surface area is 112 Å². The zero-order valence-electron chi connectivity index (χ0n) is 10.7. The first-order chi connectivity index (χ1) is 9.19. The van der Waals surface area contributed by atoms with Crippen LogP contribution in [0.25, 0.3) is 0 Å². The number of nitriles is 1. The number of aryl methyl sites for hydroxylation is 1. The lowest BCUT2D eigenvalue weighted by molar-refractivity contribution is 0.616. The minimum absolute atomic E-state index is 0.251. The van der Waals surface area contributed by atoms with E-state index >= 15 is 0 Å². The fourth-order valence-electron chi connectivity index (χ4n) is 1.91. The number of hydrogen-bond donors (Lipinski definition) is 1. The molecule has 0 aliphatic carbocycles. The molecule has 0 aromatic heterocycles. The van der Waals surface area contributed by atoms with Crippen LogP contribution >= 0.6 is 0 Å². The van der Waals surface area contributed by atoms with Crippen LogP contribution in [-0.4, -0.2) is 0 Å². The molecular formula is C16H15FN2. The number of nitrogens with one attached hydrogen (secondary N) is 1. The molecule has 0 spiro atoms. The lowest BCUT2D eigenvalue weighted by Crippen LogP contribution is -2.19. The van der Waals surface area contributed by atoms with Crippen molar-refractivity contribution in [3.8, 4) is 6.07 Å². The van der Waals surface area contributed by atoms with Gasteiger partial charge in [0.1, 0.15) is 11.9 Å². The third kappa shape index (κ3) is 3.64. The van der Waals surface area contributed by atoms with E-state index in [4.69, 9.17) is 0 Å². The van der Waals surface area contributed by atoms with E-state index in [0.717, 1.165) is 16.7 Å². The fourth-order valence-corrected chi connectivity index (χ4v) is 1.91. The van der Waals surface area contributed by atoms with E-state index in [1.54, 1.807) is 12.1 Å². The molecule has 0 aliphatic heterocycles. The average Bonchev–Trinajstić information content (AvgIpc) is 2.42. The normalized spacial score (nSPS) is 11.8. The molecule has 2 rings (SSSR count). The SMILES string of the molecule is Cc1cccc(C(C#N)NCc2ccc(F)cc2)c1. The zero-order chi connectivity index (χ0) is 13.7. The van der Waals surface area contributed by atoms with Gasteiger partial charge in [-0.3, -0.25) is 5.32 Å². The first-order valence-corrected chi connectivity index (χ1v) is 6.13. The highest BCUT2D eigenvalue weighted by Gasteiger charge is 2.09. The maximum absolute atomic E-state index is 12.8. The van der Waals surface area contributed by atoms with Crippen molar-refractivity contribution < 1.29 is 4.39 Å². The summed E-state index contributed by atoms with van der Waals surface area (Å²) in [5.74, 6) is -0.251. The maximum Gasteiger partial charge on any atom is 0.123 e. The van der Waals surface area contributed by atoms with Gasteiger partial charge in [0.25, 0.3) is 0 Å². The predicted molar refractivity (Wildman–Crippen MR) is 72.8 cm³/mol. The zero-order valence-corrected chi connectivity index (χ0v) is 10.7. The van der Waals surface area contributed by atoms with Crippen molar-refractivity contribution >= 4 is 0 Å². The van der Waals surface area contributed by atoms with Crippen molar-refractivity contribution in [3.05, 3.63) is 71.0 Å². The monoisotopic (exact) mass is 254 g/mol. The average molecular weight is 254 g/mol. The fraction of sp³-hybridized carbons (Fsp3) is 0.188. The summed E-state index contributed by atoms with van der Waals surface area (Å²) in [5, 5.41) is 12.4. The molecule has 2 aromatic carbocycles. The second-order valence-corrected chi connectivity index (χ2v) is 4.48. The summed E-state index contributed by atoms with van der Waals surface area (Å²) < 4.78 is 12.8. The lowest BCUT2D eigenvalue weighted by atomic mass is 10.1. The molecule has 0 heterocycles. The van der Waals surface area contributed by atoms with Gasteiger partial charge >= 0.3 is 0 Å². The molecule has 0 fully saturated rings. The van der Waals surface area contributed by atoms with Crippen LogP contribution in [0, 0.1) is 24.1 Å². The van der Waals surface area contributed by atoms with Crippen LogP contribution in [0.5, 0.6) is 0 Å². The van der Waals surface area contributed by atoms with Crippen LogP contribution in [0.2, 0.25) is 0 Å². The van der Waals surface area contributed by atoms with Crippen molar-refractivity contribution in [2.75, 3.05) is 0 Å². The van der Waals surface area contributed by atoms with Crippen LogP contribution < -0.4 is 5.32 Å². The Morgan fingerprint density at radius 2 is 1.95 bits per heavy atom. The molecule has 2 aromatic rings. The molecule has 1 unspecified atom stereocenters. The molecule has 96 valence electrons. The molecule has 0 amide bonds. The van der Waals surface area contributed by atoms with Gasteiger partial charge in [-0.2, -0.15) is 5.26 Å². The number of halogens is 1. The van der Waals surface area contributed by atoms with Gasteiger partial charge in [-0.05, 0) is 30.2 Å².